The average Bonchev–Trinajstić information content (AvgIpc) is 2.44. The second-order valence-corrected chi connectivity index (χ2v) is 6.18. The number of rotatable bonds is 1. The molecule has 4 nitrogen and oxygen atoms in total. The summed E-state index contributed by atoms with van der Waals surface area (Å²) in [6.45, 7) is 1.82. The van der Waals surface area contributed by atoms with Gasteiger partial charge in [-0.25, -0.2) is 0 Å². The summed E-state index contributed by atoms with van der Waals surface area (Å²) < 4.78 is 0. The van der Waals surface area contributed by atoms with E-state index in [0.29, 0.717) is 28.7 Å². The molecule has 2 N–H and O–H groups in total. The molecule has 2 heterocycles. The van der Waals surface area contributed by atoms with Gasteiger partial charge in [0.15, 0.2) is 0 Å². The second-order valence-electron chi connectivity index (χ2n) is 5.40. The fraction of sp³-hybridized carbons (Fsp3) is 0.500. The predicted molar refractivity (Wildman–Crippen MR) is 78.5 cm³/mol. The van der Waals surface area contributed by atoms with Gasteiger partial charge < -0.3 is 15.3 Å². The SMILES string of the molecule is O=C1CNC[C@@H]2CC[C@@H](c3c(O)ccc(Cl)c3Cl)CN12. The molecule has 2 saturated heterocycles. The highest BCUT2D eigenvalue weighted by atomic mass is 35.5. The van der Waals surface area contributed by atoms with Gasteiger partial charge >= 0.3 is 0 Å². The molecule has 1 amide bonds. The number of hydrogen-bond acceptors (Lipinski definition) is 3. The number of nitrogens with one attached hydrogen (secondary N) is 1. The lowest BCUT2D eigenvalue weighted by Crippen LogP contribution is -2.57. The Morgan fingerprint density at radius 3 is 2.90 bits per heavy atom. The van der Waals surface area contributed by atoms with Crippen molar-refractivity contribution in [3.63, 3.8) is 0 Å². The van der Waals surface area contributed by atoms with Gasteiger partial charge in [-0.3, -0.25) is 4.79 Å². The van der Waals surface area contributed by atoms with Crippen molar-refractivity contribution in [2.45, 2.75) is 24.8 Å². The minimum Gasteiger partial charge on any atom is -0.508 e. The molecule has 6 heteroatoms. The molecule has 0 spiro atoms. The molecule has 3 rings (SSSR count). The number of phenolic OH excluding ortho intramolecular Hbond substituents is 1. The zero-order valence-corrected chi connectivity index (χ0v) is 12.4. The summed E-state index contributed by atoms with van der Waals surface area (Å²) in [5.41, 5.74) is 0.670. The molecular weight excluding hydrogens is 299 g/mol. The largest absolute Gasteiger partial charge is 0.508 e. The maximum absolute atomic E-state index is 12.0. The number of halogens is 2. The zero-order valence-electron chi connectivity index (χ0n) is 10.9. The van der Waals surface area contributed by atoms with Crippen LogP contribution in [0.5, 0.6) is 5.75 Å². The van der Waals surface area contributed by atoms with Gasteiger partial charge in [0.1, 0.15) is 5.75 Å². The Balaban J connectivity index is 1.89. The van der Waals surface area contributed by atoms with E-state index < -0.39 is 0 Å². The molecule has 2 fully saturated rings. The van der Waals surface area contributed by atoms with E-state index in [4.69, 9.17) is 23.2 Å². The van der Waals surface area contributed by atoms with Crippen molar-refractivity contribution in [1.29, 1.82) is 0 Å². The van der Waals surface area contributed by atoms with E-state index in [1.54, 1.807) is 12.1 Å². The van der Waals surface area contributed by atoms with Gasteiger partial charge in [0, 0.05) is 30.6 Å². The smallest absolute Gasteiger partial charge is 0.236 e. The number of piperazine rings is 1. The molecule has 108 valence electrons. The van der Waals surface area contributed by atoms with Crippen molar-refractivity contribution >= 4 is 29.1 Å². The van der Waals surface area contributed by atoms with Crippen LogP contribution in [0.25, 0.3) is 0 Å². The van der Waals surface area contributed by atoms with Crippen molar-refractivity contribution in [3.8, 4) is 5.75 Å². The van der Waals surface area contributed by atoms with Gasteiger partial charge in [-0.2, -0.15) is 0 Å². The van der Waals surface area contributed by atoms with E-state index in [9.17, 15) is 9.90 Å². The van der Waals surface area contributed by atoms with Crippen LogP contribution >= 0.6 is 23.2 Å². The third kappa shape index (κ3) is 2.36. The summed E-state index contributed by atoms with van der Waals surface area (Å²) in [4.78, 5) is 13.9. The second kappa shape index (κ2) is 5.43. The summed E-state index contributed by atoms with van der Waals surface area (Å²) in [5.74, 6) is 0.313. The Bertz CT molecular complexity index is 550. The van der Waals surface area contributed by atoms with Gasteiger partial charge in [-0.15, -0.1) is 0 Å². The molecule has 0 unspecified atom stereocenters. The molecule has 20 heavy (non-hydrogen) atoms. The van der Waals surface area contributed by atoms with Gasteiger partial charge in [0.05, 0.1) is 16.6 Å². The van der Waals surface area contributed by atoms with Crippen LogP contribution in [0.1, 0.15) is 24.3 Å². The Morgan fingerprint density at radius 2 is 2.10 bits per heavy atom. The van der Waals surface area contributed by atoms with E-state index in [-0.39, 0.29) is 23.6 Å². The number of piperidine rings is 1. The van der Waals surface area contributed by atoms with Crippen LogP contribution in [0, 0.1) is 0 Å². The molecule has 2 aliphatic heterocycles. The lowest BCUT2D eigenvalue weighted by Gasteiger charge is -2.43. The summed E-state index contributed by atoms with van der Waals surface area (Å²) >= 11 is 12.3. The lowest BCUT2D eigenvalue weighted by atomic mass is 9.86. The molecule has 2 aliphatic rings. The van der Waals surface area contributed by atoms with E-state index in [1.807, 2.05) is 4.90 Å². The van der Waals surface area contributed by atoms with Crippen LogP contribution in [0.3, 0.4) is 0 Å². The number of aromatic hydroxyl groups is 1. The molecule has 0 aliphatic carbocycles. The number of carbonyl (C=O) groups is 1. The van der Waals surface area contributed by atoms with Crippen molar-refractivity contribution in [2.75, 3.05) is 19.6 Å². The summed E-state index contributed by atoms with van der Waals surface area (Å²) in [5, 5.41) is 14.0. The number of benzene rings is 1. The summed E-state index contributed by atoms with van der Waals surface area (Å²) in [6, 6.07) is 3.41. The standard InChI is InChI=1S/C14H16Cl2N2O2/c15-10-3-4-11(19)13(14(10)16)8-1-2-9-5-17-6-12(20)18(9)7-8/h3-4,8-9,17,19H,1-2,5-7H2/t8-,9+/m1/s1. The Morgan fingerprint density at radius 1 is 1.30 bits per heavy atom. The summed E-state index contributed by atoms with van der Waals surface area (Å²) in [7, 11) is 0. The average molecular weight is 315 g/mol. The number of amides is 1. The first-order valence-corrected chi connectivity index (χ1v) is 7.50. The molecule has 1 aromatic rings. The van der Waals surface area contributed by atoms with Crippen molar-refractivity contribution in [1.82, 2.24) is 10.2 Å². The van der Waals surface area contributed by atoms with Crippen LogP contribution in [0.2, 0.25) is 10.0 Å². The lowest BCUT2D eigenvalue weighted by molar-refractivity contribution is -0.136. The first kappa shape index (κ1) is 14.0. The number of carbonyl (C=O) groups excluding carboxylic acids is 1. The third-order valence-electron chi connectivity index (χ3n) is 4.20. The number of phenols is 1. The fourth-order valence-electron chi connectivity index (χ4n) is 3.17. The van der Waals surface area contributed by atoms with Gasteiger partial charge in [0.25, 0.3) is 0 Å². The normalized spacial score (nSPS) is 26.5. The zero-order chi connectivity index (χ0) is 14.3. The minimum absolute atomic E-state index is 0.0412. The molecule has 1 aromatic carbocycles. The number of nitrogens with zero attached hydrogens (tertiary/aromatic N) is 1. The maximum atomic E-state index is 12.0. The highest BCUT2D eigenvalue weighted by Gasteiger charge is 2.36. The van der Waals surface area contributed by atoms with Crippen LogP contribution < -0.4 is 5.32 Å². The van der Waals surface area contributed by atoms with Crippen molar-refractivity contribution in [3.05, 3.63) is 27.7 Å². The van der Waals surface area contributed by atoms with Crippen molar-refractivity contribution in [2.24, 2.45) is 0 Å². The van der Waals surface area contributed by atoms with E-state index in [1.165, 1.54) is 0 Å². The van der Waals surface area contributed by atoms with Gasteiger partial charge in [-0.1, -0.05) is 23.2 Å². The number of hydrogen-bond donors (Lipinski definition) is 2. The third-order valence-corrected chi connectivity index (χ3v) is 5.02. The maximum Gasteiger partial charge on any atom is 0.236 e. The van der Waals surface area contributed by atoms with Crippen molar-refractivity contribution < 1.29 is 9.90 Å². The molecule has 2 atom stereocenters. The molecular formula is C14H16Cl2N2O2. The predicted octanol–water partition coefficient (Wildman–Crippen LogP) is 2.38. The van der Waals surface area contributed by atoms with Gasteiger partial charge in [-0.05, 0) is 25.0 Å². The number of fused-ring (bicyclic) bond motifs is 1. The monoisotopic (exact) mass is 314 g/mol. The Hall–Kier alpha value is -0.970. The topological polar surface area (TPSA) is 52.6 Å². The van der Waals surface area contributed by atoms with E-state index >= 15 is 0 Å². The Kier molecular flexibility index (Phi) is 3.80. The van der Waals surface area contributed by atoms with E-state index in [2.05, 4.69) is 5.32 Å². The van der Waals surface area contributed by atoms with Crippen LogP contribution in [-0.4, -0.2) is 41.6 Å². The first-order chi connectivity index (χ1) is 9.58. The molecule has 0 aromatic heterocycles. The fourth-order valence-corrected chi connectivity index (χ4v) is 3.65. The molecule has 0 saturated carbocycles. The highest BCUT2D eigenvalue weighted by Crippen LogP contribution is 2.42. The summed E-state index contributed by atoms with van der Waals surface area (Å²) in [6.07, 6.45) is 1.80. The molecule has 0 radical (unpaired) electrons. The minimum atomic E-state index is 0.0412. The first-order valence-electron chi connectivity index (χ1n) is 6.75. The van der Waals surface area contributed by atoms with Gasteiger partial charge in [0.2, 0.25) is 5.91 Å². The molecule has 0 bridgehead atoms. The van der Waals surface area contributed by atoms with Crippen LogP contribution in [-0.2, 0) is 4.79 Å². The van der Waals surface area contributed by atoms with Crippen LogP contribution in [0.4, 0.5) is 0 Å². The van der Waals surface area contributed by atoms with E-state index in [0.717, 1.165) is 19.4 Å². The highest BCUT2D eigenvalue weighted by molar-refractivity contribution is 6.42. The quantitative estimate of drug-likeness (QED) is 0.836. The Labute approximate surface area is 127 Å². The van der Waals surface area contributed by atoms with Crippen LogP contribution in [0.15, 0.2) is 12.1 Å².